The van der Waals surface area contributed by atoms with Crippen molar-refractivity contribution < 1.29 is 4.58 Å². The summed E-state index contributed by atoms with van der Waals surface area (Å²) in [4.78, 5) is 4.43. The molecule has 1 atom stereocenters. The third-order valence-corrected chi connectivity index (χ3v) is 2.32. The first-order valence-electron chi connectivity index (χ1n) is 4.63. The Morgan fingerprint density at radius 3 is 2.77 bits per heavy atom. The predicted octanol–water partition coefficient (Wildman–Crippen LogP) is 1.98. The third-order valence-electron chi connectivity index (χ3n) is 2.32. The summed E-state index contributed by atoms with van der Waals surface area (Å²) in [5.41, 5.74) is 1.46. The van der Waals surface area contributed by atoms with Gasteiger partial charge < -0.3 is 0 Å². The molecule has 0 aromatic carbocycles. The average molecular weight is 175 g/mol. The van der Waals surface area contributed by atoms with E-state index in [9.17, 15) is 0 Å². The maximum atomic E-state index is 4.43. The molecule has 0 N–H and O–H groups in total. The zero-order valence-corrected chi connectivity index (χ0v) is 8.36. The molecule has 2 rings (SSSR count). The van der Waals surface area contributed by atoms with E-state index < -0.39 is 0 Å². The molecule has 0 saturated carbocycles. The summed E-state index contributed by atoms with van der Waals surface area (Å²) < 4.78 is 2.22. The number of allylic oxidation sites excluding steroid dienone is 2. The molecular formula is C11H15N2+. The maximum absolute atomic E-state index is 4.43. The second-order valence-corrected chi connectivity index (χ2v) is 4.46. The quantitative estimate of drug-likeness (QED) is 0.500. The third kappa shape index (κ3) is 1.37. The maximum Gasteiger partial charge on any atom is 0.270 e. The molecule has 0 fully saturated rings. The monoisotopic (exact) mass is 175 g/mol. The van der Waals surface area contributed by atoms with E-state index in [1.165, 1.54) is 5.71 Å². The van der Waals surface area contributed by atoms with Crippen molar-refractivity contribution >= 4 is 11.9 Å². The number of fused-ring (bicyclic) bond motifs is 1. The fraction of sp³-hybridized carbons (Fsp3) is 0.455. The number of aliphatic imine (C=N–C) groups is 1. The summed E-state index contributed by atoms with van der Waals surface area (Å²) in [5.74, 6) is 0. The molecule has 2 nitrogen and oxygen atoms in total. The summed E-state index contributed by atoms with van der Waals surface area (Å²) in [6, 6.07) is 0. The molecular weight excluding hydrogens is 160 g/mol. The standard InChI is InChI=1S/C11H15N2/c1-11(2,3)9-8-12-10-6-4-5-7-13(9)10/h4-8,10H,1-3H3/q+1. The SMILES string of the molecule is CC(C)(C)C1=[N+]2C=CC=CC2N=C1. The van der Waals surface area contributed by atoms with E-state index in [0.717, 1.165) is 0 Å². The van der Waals surface area contributed by atoms with E-state index in [1.54, 1.807) is 0 Å². The summed E-state index contributed by atoms with van der Waals surface area (Å²) >= 11 is 0. The fourth-order valence-electron chi connectivity index (χ4n) is 1.63. The van der Waals surface area contributed by atoms with Gasteiger partial charge in [-0.1, -0.05) is 26.8 Å². The average Bonchev–Trinajstić information content (AvgIpc) is 2.45. The molecule has 0 radical (unpaired) electrons. The Labute approximate surface area is 79.0 Å². The van der Waals surface area contributed by atoms with Crippen LogP contribution in [0.2, 0.25) is 0 Å². The molecule has 0 bridgehead atoms. The van der Waals surface area contributed by atoms with Crippen molar-refractivity contribution in [3.8, 4) is 0 Å². The topological polar surface area (TPSA) is 15.4 Å². The van der Waals surface area contributed by atoms with Crippen molar-refractivity contribution in [2.75, 3.05) is 0 Å². The van der Waals surface area contributed by atoms with Crippen molar-refractivity contribution in [3.05, 3.63) is 24.4 Å². The number of nitrogens with zero attached hydrogens (tertiary/aromatic N) is 2. The van der Waals surface area contributed by atoms with Crippen LogP contribution in [0.4, 0.5) is 0 Å². The zero-order valence-electron chi connectivity index (χ0n) is 8.36. The summed E-state index contributed by atoms with van der Waals surface area (Å²) in [6.07, 6.45) is 10.5. The molecule has 2 heterocycles. The van der Waals surface area contributed by atoms with Gasteiger partial charge in [-0.15, -0.1) is 0 Å². The van der Waals surface area contributed by atoms with Gasteiger partial charge in [-0.05, 0) is 0 Å². The summed E-state index contributed by atoms with van der Waals surface area (Å²) in [5, 5.41) is 0. The van der Waals surface area contributed by atoms with E-state index in [0.29, 0.717) is 0 Å². The van der Waals surface area contributed by atoms with Crippen LogP contribution in [0, 0.1) is 5.41 Å². The molecule has 1 unspecified atom stereocenters. The van der Waals surface area contributed by atoms with Crippen molar-refractivity contribution in [2.24, 2.45) is 10.4 Å². The van der Waals surface area contributed by atoms with Gasteiger partial charge in [0, 0.05) is 17.6 Å². The molecule has 0 aliphatic carbocycles. The molecule has 0 amide bonds. The molecule has 13 heavy (non-hydrogen) atoms. The smallest absolute Gasteiger partial charge is 0.215 e. The van der Waals surface area contributed by atoms with Crippen molar-refractivity contribution in [3.63, 3.8) is 0 Å². The summed E-state index contributed by atoms with van der Waals surface area (Å²) in [6.45, 7) is 6.63. The zero-order chi connectivity index (χ0) is 9.47. The van der Waals surface area contributed by atoms with Crippen LogP contribution in [0.5, 0.6) is 0 Å². The van der Waals surface area contributed by atoms with Crippen LogP contribution in [0.25, 0.3) is 0 Å². The fourth-order valence-corrected chi connectivity index (χ4v) is 1.63. The predicted molar refractivity (Wildman–Crippen MR) is 55.3 cm³/mol. The van der Waals surface area contributed by atoms with Crippen LogP contribution < -0.4 is 0 Å². The Balaban J connectivity index is 2.45. The van der Waals surface area contributed by atoms with Gasteiger partial charge in [-0.25, -0.2) is 4.99 Å². The molecule has 2 aliphatic heterocycles. The highest BCUT2D eigenvalue weighted by Crippen LogP contribution is 2.21. The highest BCUT2D eigenvalue weighted by molar-refractivity contribution is 6.31. The van der Waals surface area contributed by atoms with Crippen LogP contribution in [0.3, 0.4) is 0 Å². The number of hydrogen-bond donors (Lipinski definition) is 0. The number of hydrogen-bond acceptors (Lipinski definition) is 1. The Bertz CT molecular complexity index is 338. The Morgan fingerprint density at radius 2 is 2.08 bits per heavy atom. The van der Waals surface area contributed by atoms with Crippen molar-refractivity contribution in [2.45, 2.75) is 26.9 Å². The lowest BCUT2D eigenvalue weighted by molar-refractivity contribution is -0.483. The van der Waals surface area contributed by atoms with Crippen LogP contribution in [-0.2, 0) is 0 Å². The van der Waals surface area contributed by atoms with Crippen molar-refractivity contribution in [1.82, 2.24) is 0 Å². The van der Waals surface area contributed by atoms with Crippen LogP contribution in [0.15, 0.2) is 29.4 Å². The molecule has 2 aliphatic rings. The highest BCUT2D eigenvalue weighted by atomic mass is 15.2. The van der Waals surface area contributed by atoms with E-state index in [1.807, 2.05) is 12.3 Å². The van der Waals surface area contributed by atoms with Crippen LogP contribution >= 0.6 is 0 Å². The van der Waals surface area contributed by atoms with Gasteiger partial charge >= 0.3 is 0 Å². The molecule has 68 valence electrons. The molecule has 2 heteroatoms. The van der Waals surface area contributed by atoms with Crippen LogP contribution in [0.1, 0.15) is 20.8 Å². The normalized spacial score (nSPS) is 25.6. The lowest BCUT2D eigenvalue weighted by atomic mass is 9.90. The minimum absolute atomic E-state index is 0.174. The second-order valence-electron chi connectivity index (χ2n) is 4.46. The minimum Gasteiger partial charge on any atom is -0.215 e. The molecule has 0 aromatic heterocycles. The largest absolute Gasteiger partial charge is 0.270 e. The lowest BCUT2D eigenvalue weighted by Crippen LogP contribution is -2.30. The van der Waals surface area contributed by atoms with Gasteiger partial charge in [0.25, 0.3) is 6.17 Å². The van der Waals surface area contributed by atoms with Gasteiger partial charge in [0.05, 0.1) is 6.21 Å². The molecule has 0 aromatic rings. The van der Waals surface area contributed by atoms with Gasteiger partial charge in [0.2, 0.25) is 5.71 Å². The Hall–Kier alpha value is -1.18. The van der Waals surface area contributed by atoms with E-state index in [2.05, 4.69) is 48.7 Å². The second kappa shape index (κ2) is 2.66. The highest BCUT2D eigenvalue weighted by Gasteiger charge is 2.34. The molecule has 0 spiro atoms. The molecule has 0 saturated heterocycles. The van der Waals surface area contributed by atoms with Crippen LogP contribution in [-0.4, -0.2) is 22.7 Å². The lowest BCUT2D eigenvalue weighted by Gasteiger charge is -2.14. The van der Waals surface area contributed by atoms with E-state index >= 15 is 0 Å². The Morgan fingerprint density at radius 1 is 1.31 bits per heavy atom. The van der Waals surface area contributed by atoms with Gasteiger partial charge in [0.15, 0.2) is 6.20 Å². The minimum atomic E-state index is 0.174. The first-order valence-corrected chi connectivity index (χ1v) is 4.63. The van der Waals surface area contributed by atoms with Gasteiger partial charge in [-0.2, -0.15) is 4.58 Å². The van der Waals surface area contributed by atoms with Gasteiger partial charge in [0.1, 0.15) is 0 Å². The number of rotatable bonds is 0. The first kappa shape index (κ1) is 8.42. The van der Waals surface area contributed by atoms with Crippen molar-refractivity contribution in [1.29, 1.82) is 0 Å². The first-order chi connectivity index (χ1) is 6.09. The summed E-state index contributed by atoms with van der Waals surface area (Å²) in [7, 11) is 0. The van der Waals surface area contributed by atoms with E-state index in [-0.39, 0.29) is 11.6 Å². The van der Waals surface area contributed by atoms with Gasteiger partial charge in [-0.3, -0.25) is 0 Å². The Kier molecular flexibility index (Phi) is 1.72. The van der Waals surface area contributed by atoms with E-state index in [4.69, 9.17) is 0 Å².